The molecule has 0 unspecified atom stereocenters. The van der Waals surface area contributed by atoms with Crippen LogP contribution in [0.1, 0.15) is 5.56 Å². The Labute approximate surface area is 189 Å². The maximum Gasteiger partial charge on any atom is 0.341 e. The maximum absolute atomic E-state index is 12.3. The van der Waals surface area contributed by atoms with Gasteiger partial charge in [-0.2, -0.15) is 0 Å². The lowest BCUT2D eigenvalue weighted by Gasteiger charge is -2.09. The highest BCUT2D eigenvalue weighted by Crippen LogP contribution is 2.37. The first-order valence-corrected chi connectivity index (χ1v) is 10.9. The van der Waals surface area contributed by atoms with E-state index < -0.39 is 12.6 Å². The molecule has 28 heavy (non-hydrogen) atoms. The number of amidine groups is 1. The second-order valence-corrected chi connectivity index (χ2v) is 9.02. The van der Waals surface area contributed by atoms with Crippen molar-refractivity contribution in [1.29, 1.82) is 0 Å². The van der Waals surface area contributed by atoms with E-state index in [4.69, 9.17) is 9.84 Å². The van der Waals surface area contributed by atoms with Crippen LogP contribution in [0.3, 0.4) is 0 Å². The molecule has 0 atom stereocenters. The summed E-state index contributed by atoms with van der Waals surface area (Å²) in [7, 11) is 0. The molecule has 0 radical (unpaired) electrons. The van der Waals surface area contributed by atoms with Crippen LogP contribution in [0.4, 0.5) is 5.69 Å². The molecule has 144 valence electrons. The summed E-state index contributed by atoms with van der Waals surface area (Å²) in [6, 6.07) is 11.0. The van der Waals surface area contributed by atoms with Crippen molar-refractivity contribution in [2.45, 2.75) is 0 Å². The molecule has 0 aliphatic carbocycles. The van der Waals surface area contributed by atoms with E-state index in [1.165, 1.54) is 11.8 Å². The number of benzene rings is 2. The van der Waals surface area contributed by atoms with Crippen LogP contribution in [0, 0.1) is 0 Å². The molecule has 1 amide bonds. The van der Waals surface area contributed by atoms with Crippen molar-refractivity contribution >= 4 is 88.4 Å². The van der Waals surface area contributed by atoms with Crippen molar-refractivity contribution in [3.8, 4) is 5.75 Å². The Bertz CT molecular complexity index is 1000. The molecule has 1 aliphatic rings. The number of nitrogens with zero attached hydrogens (tertiary/aromatic N) is 1. The van der Waals surface area contributed by atoms with Gasteiger partial charge in [0.15, 0.2) is 11.8 Å². The Kier molecular flexibility index (Phi) is 6.97. The molecular weight excluding hydrogens is 580 g/mol. The van der Waals surface area contributed by atoms with Crippen LogP contribution in [-0.4, -0.2) is 28.8 Å². The third-order valence-electron chi connectivity index (χ3n) is 3.38. The third-order valence-corrected chi connectivity index (χ3v) is 6.14. The van der Waals surface area contributed by atoms with E-state index in [-0.39, 0.29) is 5.91 Å². The third kappa shape index (κ3) is 5.25. The van der Waals surface area contributed by atoms with Gasteiger partial charge in [-0.1, -0.05) is 12.1 Å². The molecule has 1 saturated heterocycles. The number of carboxylic acids is 1. The summed E-state index contributed by atoms with van der Waals surface area (Å²) in [6.07, 6.45) is 1.72. The van der Waals surface area contributed by atoms with Crippen molar-refractivity contribution in [3.05, 3.63) is 60.3 Å². The Morgan fingerprint density at radius 2 is 1.86 bits per heavy atom. The van der Waals surface area contributed by atoms with Gasteiger partial charge in [-0.05, 0) is 95.5 Å². The van der Waals surface area contributed by atoms with Crippen LogP contribution < -0.4 is 10.1 Å². The van der Waals surface area contributed by atoms with Crippen molar-refractivity contribution < 1.29 is 19.4 Å². The van der Waals surface area contributed by atoms with Crippen LogP contribution in [0.5, 0.6) is 5.75 Å². The standard InChI is InChI=1S/C18H11Br3N2O4S/c19-10-3-1-2-4-13(10)22-18-23-17(26)14(28-18)7-9-5-11(20)16(12(21)6-9)27-8-15(24)25/h1-7H,8H2,(H,24,25)(H,22,23,26)/b14-7+. The number of ether oxygens (including phenoxy) is 1. The van der Waals surface area contributed by atoms with E-state index in [2.05, 4.69) is 58.1 Å². The summed E-state index contributed by atoms with van der Waals surface area (Å²) >= 11 is 11.4. The zero-order valence-electron chi connectivity index (χ0n) is 13.9. The number of rotatable bonds is 5. The molecule has 2 aromatic rings. The number of aliphatic imine (C=N–C) groups is 1. The first-order valence-electron chi connectivity index (χ1n) is 7.71. The summed E-state index contributed by atoms with van der Waals surface area (Å²) in [5.41, 5.74) is 1.46. The fourth-order valence-corrected chi connectivity index (χ4v) is 4.88. The molecule has 0 spiro atoms. The maximum atomic E-state index is 12.3. The number of amides is 1. The lowest BCUT2D eigenvalue weighted by atomic mass is 10.2. The fraction of sp³-hybridized carbons (Fsp3) is 0.0556. The number of carboxylic acid groups (broad SMARTS) is 1. The Hall–Kier alpha value is -1.62. The second-order valence-electron chi connectivity index (χ2n) is 5.43. The van der Waals surface area contributed by atoms with Gasteiger partial charge in [-0.3, -0.25) is 4.79 Å². The summed E-state index contributed by atoms with van der Waals surface area (Å²) in [5.74, 6) is -0.931. The van der Waals surface area contributed by atoms with Crippen molar-refractivity contribution in [1.82, 2.24) is 5.32 Å². The van der Waals surface area contributed by atoms with Crippen LogP contribution >= 0.6 is 59.6 Å². The summed E-state index contributed by atoms with van der Waals surface area (Å²) in [5, 5.41) is 12.0. The van der Waals surface area contributed by atoms with Crippen LogP contribution in [0.15, 0.2) is 59.7 Å². The Balaban J connectivity index is 1.83. The monoisotopic (exact) mass is 588 g/mol. The molecule has 2 N–H and O–H groups in total. The normalized spacial score (nSPS) is 16.5. The number of aliphatic carboxylic acids is 1. The first kappa shape index (κ1) is 21.1. The van der Waals surface area contributed by atoms with E-state index in [1.807, 2.05) is 24.3 Å². The van der Waals surface area contributed by atoms with Gasteiger partial charge in [0.05, 0.1) is 19.5 Å². The van der Waals surface area contributed by atoms with Crippen LogP contribution in [0.25, 0.3) is 6.08 Å². The van der Waals surface area contributed by atoms with Crippen LogP contribution in [0.2, 0.25) is 0 Å². The molecule has 3 rings (SSSR count). The number of hydrogen-bond acceptors (Lipinski definition) is 5. The predicted octanol–water partition coefficient (Wildman–Crippen LogP) is 5.33. The van der Waals surface area contributed by atoms with Gasteiger partial charge in [0.25, 0.3) is 5.91 Å². The number of para-hydroxylation sites is 1. The zero-order valence-corrected chi connectivity index (χ0v) is 19.5. The van der Waals surface area contributed by atoms with E-state index in [0.29, 0.717) is 24.8 Å². The zero-order chi connectivity index (χ0) is 20.3. The highest BCUT2D eigenvalue weighted by atomic mass is 79.9. The highest BCUT2D eigenvalue weighted by molar-refractivity contribution is 9.11. The number of thioether (sulfide) groups is 1. The lowest BCUT2D eigenvalue weighted by molar-refractivity contribution is -0.139. The van der Waals surface area contributed by atoms with Gasteiger partial charge in [0, 0.05) is 4.47 Å². The first-order chi connectivity index (χ1) is 13.3. The summed E-state index contributed by atoms with van der Waals surface area (Å²) < 4.78 is 7.22. The average molecular weight is 591 g/mol. The van der Waals surface area contributed by atoms with Gasteiger partial charge >= 0.3 is 5.97 Å². The SMILES string of the molecule is O=C(O)COc1c(Br)cc(/C=C2/SC(=Nc3ccccc3Br)NC2=O)cc1Br. The largest absolute Gasteiger partial charge is 0.480 e. The van der Waals surface area contributed by atoms with Crippen molar-refractivity contribution in [2.24, 2.45) is 4.99 Å². The Morgan fingerprint density at radius 3 is 2.50 bits per heavy atom. The molecule has 0 aromatic heterocycles. The molecule has 1 aliphatic heterocycles. The van der Waals surface area contributed by atoms with Gasteiger partial charge in [-0.25, -0.2) is 9.79 Å². The minimum atomic E-state index is -1.07. The van der Waals surface area contributed by atoms with Crippen molar-refractivity contribution in [3.63, 3.8) is 0 Å². The fourth-order valence-electron chi connectivity index (χ4n) is 2.22. The van der Waals surface area contributed by atoms with E-state index in [1.54, 1.807) is 18.2 Å². The predicted molar refractivity (Wildman–Crippen MR) is 120 cm³/mol. The number of hydrogen-bond donors (Lipinski definition) is 2. The van der Waals surface area contributed by atoms with Gasteiger partial charge in [0.2, 0.25) is 0 Å². The van der Waals surface area contributed by atoms with Crippen molar-refractivity contribution in [2.75, 3.05) is 6.61 Å². The minimum Gasteiger partial charge on any atom is -0.480 e. The number of carbonyl (C=O) groups is 2. The molecule has 1 heterocycles. The number of halogens is 3. The van der Waals surface area contributed by atoms with Gasteiger partial charge < -0.3 is 15.2 Å². The molecular formula is C18H11Br3N2O4S. The summed E-state index contributed by atoms with van der Waals surface area (Å²) in [4.78, 5) is 27.9. The average Bonchev–Trinajstić information content (AvgIpc) is 2.95. The van der Waals surface area contributed by atoms with Gasteiger partial charge in [0.1, 0.15) is 5.75 Å². The number of carbonyl (C=O) groups excluding carboxylic acids is 1. The molecule has 1 fully saturated rings. The van der Waals surface area contributed by atoms with E-state index >= 15 is 0 Å². The molecule has 0 bridgehead atoms. The molecule has 2 aromatic carbocycles. The Morgan fingerprint density at radius 1 is 1.18 bits per heavy atom. The molecule has 6 nitrogen and oxygen atoms in total. The van der Waals surface area contributed by atoms with E-state index in [9.17, 15) is 9.59 Å². The quantitative estimate of drug-likeness (QED) is 0.460. The topological polar surface area (TPSA) is 88.0 Å². The summed E-state index contributed by atoms with van der Waals surface area (Å²) in [6.45, 7) is -0.454. The molecule has 0 saturated carbocycles. The van der Waals surface area contributed by atoms with E-state index in [0.717, 1.165) is 15.7 Å². The molecule has 10 heteroatoms. The second kappa shape index (κ2) is 9.25. The van der Waals surface area contributed by atoms with Gasteiger partial charge in [-0.15, -0.1) is 0 Å². The highest BCUT2D eigenvalue weighted by Gasteiger charge is 2.24. The van der Waals surface area contributed by atoms with Crippen LogP contribution in [-0.2, 0) is 9.59 Å². The lowest BCUT2D eigenvalue weighted by Crippen LogP contribution is -2.19. The smallest absolute Gasteiger partial charge is 0.341 e. The minimum absolute atomic E-state index is 0.241. The number of nitrogens with one attached hydrogen (secondary N) is 1.